The summed E-state index contributed by atoms with van der Waals surface area (Å²) in [7, 11) is 0. The van der Waals surface area contributed by atoms with Gasteiger partial charge in [0.2, 0.25) is 0 Å². The summed E-state index contributed by atoms with van der Waals surface area (Å²) in [6.45, 7) is 1.71. The SMILES string of the molecule is Cc1[nH]n(-c2ccccc2)c(=O)c1/C(=N/NC(=O)c1ccccc1O)c1ccc(F)cc1. The van der Waals surface area contributed by atoms with Crippen molar-refractivity contribution in [1.82, 2.24) is 15.2 Å². The van der Waals surface area contributed by atoms with Crippen molar-refractivity contribution in [1.29, 1.82) is 0 Å². The zero-order valence-corrected chi connectivity index (χ0v) is 17.0. The summed E-state index contributed by atoms with van der Waals surface area (Å²) in [5, 5.41) is 17.1. The molecule has 160 valence electrons. The van der Waals surface area contributed by atoms with Gasteiger partial charge in [0.05, 0.1) is 16.8 Å². The maximum Gasteiger partial charge on any atom is 0.281 e. The molecule has 3 N–H and O–H groups in total. The standard InChI is InChI=1S/C24H19FN4O3/c1-15-21(24(32)29(28-15)18-7-3-2-4-8-18)22(16-11-13-17(25)14-12-16)26-27-23(31)19-9-5-6-10-20(19)30/h2-14,28,30H,1H3,(H,27,31)/b26-22+. The predicted octanol–water partition coefficient (Wildman–Crippen LogP) is 3.50. The molecule has 1 amide bonds. The van der Waals surface area contributed by atoms with Crippen LogP contribution in [0.1, 0.15) is 27.2 Å². The molecule has 0 fully saturated rings. The maximum atomic E-state index is 13.5. The lowest BCUT2D eigenvalue weighted by atomic mass is 10.0. The Hall–Kier alpha value is -4.46. The van der Waals surface area contributed by atoms with Gasteiger partial charge in [0.25, 0.3) is 11.5 Å². The molecule has 0 aliphatic carbocycles. The molecular weight excluding hydrogens is 411 g/mol. The number of aromatic hydroxyl groups is 1. The van der Waals surface area contributed by atoms with Crippen molar-refractivity contribution in [2.45, 2.75) is 6.92 Å². The topological polar surface area (TPSA) is 99.5 Å². The number of aromatic amines is 1. The highest BCUT2D eigenvalue weighted by molar-refractivity contribution is 6.14. The number of rotatable bonds is 5. The summed E-state index contributed by atoms with van der Waals surface area (Å²) in [4.78, 5) is 25.8. The van der Waals surface area contributed by atoms with Crippen molar-refractivity contribution in [2.24, 2.45) is 5.10 Å². The number of aromatic nitrogens is 2. The van der Waals surface area contributed by atoms with Gasteiger partial charge in [0.15, 0.2) is 0 Å². The van der Waals surface area contributed by atoms with E-state index in [1.807, 2.05) is 6.07 Å². The van der Waals surface area contributed by atoms with Gasteiger partial charge in [-0.05, 0) is 55.5 Å². The highest BCUT2D eigenvalue weighted by Crippen LogP contribution is 2.16. The van der Waals surface area contributed by atoms with Gasteiger partial charge >= 0.3 is 0 Å². The lowest BCUT2D eigenvalue weighted by Gasteiger charge is -2.07. The number of halogens is 1. The smallest absolute Gasteiger partial charge is 0.281 e. The number of nitrogens with zero attached hydrogens (tertiary/aromatic N) is 2. The Kier molecular flexibility index (Phi) is 5.67. The van der Waals surface area contributed by atoms with Crippen molar-refractivity contribution >= 4 is 11.6 Å². The summed E-state index contributed by atoms with van der Waals surface area (Å²) >= 11 is 0. The Labute approximate surface area is 182 Å². The molecule has 4 rings (SSSR count). The summed E-state index contributed by atoms with van der Waals surface area (Å²) < 4.78 is 14.9. The summed E-state index contributed by atoms with van der Waals surface area (Å²) in [5.41, 5.74) is 3.99. The molecule has 0 saturated heterocycles. The first-order valence-electron chi connectivity index (χ1n) is 9.75. The molecule has 1 heterocycles. The van der Waals surface area contributed by atoms with Crippen LogP contribution in [0.4, 0.5) is 4.39 Å². The number of nitrogens with one attached hydrogen (secondary N) is 2. The molecule has 1 aromatic heterocycles. The molecule has 0 radical (unpaired) electrons. The second kappa shape index (κ2) is 8.73. The van der Waals surface area contributed by atoms with Gasteiger partial charge in [-0.15, -0.1) is 0 Å². The molecule has 8 heteroatoms. The second-order valence-corrected chi connectivity index (χ2v) is 7.01. The molecule has 0 bridgehead atoms. The van der Waals surface area contributed by atoms with Crippen molar-refractivity contribution in [3.63, 3.8) is 0 Å². The van der Waals surface area contributed by atoms with E-state index in [9.17, 15) is 19.1 Å². The number of benzene rings is 3. The minimum atomic E-state index is -0.653. The Balaban J connectivity index is 1.81. The van der Waals surface area contributed by atoms with Crippen LogP contribution in [-0.4, -0.2) is 26.5 Å². The van der Waals surface area contributed by atoms with Gasteiger partial charge in [-0.1, -0.05) is 30.3 Å². The van der Waals surface area contributed by atoms with Crippen LogP contribution in [0.5, 0.6) is 5.75 Å². The van der Waals surface area contributed by atoms with Crippen molar-refractivity contribution in [3.8, 4) is 11.4 Å². The number of hydrazone groups is 1. The van der Waals surface area contributed by atoms with Crippen molar-refractivity contribution in [2.75, 3.05) is 0 Å². The number of para-hydroxylation sites is 2. The Morgan fingerprint density at radius 1 is 1.00 bits per heavy atom. The van der Waals surface area contributed by atoms with E-state index in [-0.39, 0.29) is 28.1 Å². The van der Waals surface area contributed by atoms with E-state index in [4.69, 9.17) is 0 Å². The number of carbonyl (C=O) groups is 1. The number of H-pyrrole nitrogens is 1. The first-order valence-corrected chi connectivity index (χ1v) is 9.75. The third-order valence-corrected chi connectivity index (χ3v) is 4.86. The van der Waals surface area contributed by atoms with Crippen LogP contribution in [-0.2, 0) is 0 Å². The van der Waals surface area contributed by atoms with E-state index < -0.39 is 11.7 Å². The molecule has 0 atom stereocenters. The molecule has 0 spiro atoms. The number of hydrogen-bond acceptors (Lipinski definition) is 4. The van der Waals surface area contributed by atoms with Crippen LogP contribution in [0, 0.1) is 12.7 Å². The zero-order valence-electron chi connectivity index (χ0n) is 17.0. The largest absolute Gasteiger partial charge is 0.507 e. The number of hydrogen-bond donors (Lipinski definition) is 3. The number of aryl methyl sites for hydroxylation is 1. The van der Waals surface area contributed by atoms with Gasteiger partial charge in [0, 0.05) is 11.3 Å². The minimum Gasteiger partial charge on any atom is -0.507 e. The fourth-order valence-corrected chi connectivity index (χ4v) is 3.29. The second-order valence-electron chi connectivity index (χ2n) is 7.01. The van der Waals surface area contributed by atoms with E-state index in [1.165, 1.54) is 41.1 Å². The number of phenolic OH excluding ortho intramolecular Hbond substituents is 1. The first-order chi connectivity index (χ1) is 15.5. The van der Waals surface area contributed by atoms with E-state index in [0.29, 0.717) is 16.9 Å². The van der Waals surface area contributed by atoms with Crippen molar-refractivity contribution in [3.05, 3.63) is 117 Å². The van der Waals surface area contributed by atoms with Gasteiger partial charge in [0.1, 0.15) is 17.3 Å². The highest BCUT2D eigenvalue weighted by Gasteiger charge is 2.20. The number of carbonyl (C=O) groups excluding carboxylic acids is 1. The Morgan fingerprint density at radius 2 is 1.66 bits per heavy atom. The van der Waals surface area contributed by atoms with Gasteiger partial charge in [-0.25, -0.2) is 14.5 Å². The van der Waals surface area contributed by atoms with Gasteiger partial charge in [-0.3, -0.25) is 14.7 Å². The monoisotopic (exact) mass is 430 g/mol. The van der Waals surface area contributed by atoms with Crippen LogP contribution >= 0.6 is 0 Å². The molecule has 0 unspecified atom stereocenters. The first kappa shape index (κ1) is 20.8. The average Bonchev–Trinajstić information content (AvgIpc) is 3.10. The fraction of sp³-hybridized carbons (Fsp3) is 0.0417. The van der Waals surface area contributed by atoms with Gasteiger partial charge < -0.3 is 5.11 Å². The van der Waals surface area contributed by atoms with Gasteiger partial charge in [-0.2, -0.15) is 5.10 Å². The number of amides is 1. The maximum absolute atomic E-state index is 13.5. The molecule has 4 aromatic rings. The van der Waals surface area contributed by atoms with Crippen LogP contribution in [0.3, 0.4) is 0 Å². The van der Waals surface area contributed by atoms with E-state index in [2.05, 4.69) is 15.6 Å². The fourth-order valence-electron chi connectivity index (χ4n) is 3.29. The molecule has 0 aliphatic rings. The quantitative estimate of drug-likeness (QED) is 0.334. The lowest BCUT2D eigenvalue weighted by molar-refractivity contribution is 0.0952. The van der Waals surface area contributed by atoms with Crippen LogP contribution in [0.25, 0.3) is 5.69 Å². The minimum absolute atomic E-state index is 0.0298. The Bertz CT molecular complexity index is 1360. The third kappa shape index (κ3) is 4.06. The van der Waals surface area contributed by atoms with E-state index in [0.717, 1.165) is 0 Å². The molecule has 32 heavy (non-hydrogen) atoms. The summed E-state index contributed by atoms with van der Waals surface area (Å²) in [5.74, 6) is -1.30. The van der Waals surface area contributed by atoms with E-state index >= 15 is 0 Å². The molecule has 3 aromatic carbocycles. The molecule has 7 nitrogen and oxygen atoms in total. The molecule has 0 saturated carbocycles. The molecular formula is C24H19FN4O3. The zero-order chi connectivity index (χ0) is 22.7. The summed E-state index contributed by atoms with van der Waals surface area (Å²) in [6, 6.07) is 20.5. The van der Waals surface area contributed by atoms with Crippen molar-refractivity contribution < 1.29 is 14.3 Å². The normalized spacial score (nSPS) is 11.4. The lowest BCUT2D eigenvalue weighted by Crippen LogP contribution is -2.25. The third-order valence-electron chi connectivity index (χ3n) is 4.86. The predicted molar refractivity (Wildman–Crippen MR) is 119 cm³/mol. The highest BCUT2D eigenvalue weighted by atomic mass is 19.1. The molecule has 0 aliphatic heterocycles. The van der Waals surface area contributed by atoms with Crippen LogP contribution < -0.4 is 11.0 Å². The number of phenols is 1. The van der Waals surface area contributed by atoms with E-state index in [1.54, 1.807) is 43.3 Å². The Morgan fingerprint density at radius 3 is 2.34 bits per heavy atom. The van der Waals surface area contributed by atoms with Crippen LogP contribution in [0.15, 0.2) is 88.8 Å². The van der Waals surface area contributed by atoms with Crippen LogP contribution in [0.2, 0.25) is 0 Å². The summed E-state index contributed by atoms with van der Waals surface area (Å²) in [6.07, 6.45) is 0. The average molecular weight is 430 g/mol.